The van der Waals surface area contributed by atoms with Crippen molar-refractivity contribution in [3.8, 4) is 0 Å². The Bertz CT molecular complexity index is 209. The summed E-state index contributed by atoms with van der Waals surface area (Å²) < 4.78 is 10.5. The molecular formula is C10H19NO4. The molecule has 0 aromatic heterocycles. The number of carbonyl (C=O) groups is 1. The number of carboxylic acid groups (broad SMARTS) is 1. The molecule has 0 aliphatic carbocycles. The number of hydrogen-bond donors (Lipinski definition) is 1. The molecule has 1 rings (SSSR count). The number of likely N-dealkylation sites (tertiary alicyclic amines) is 1. The maximum Gasteiger partial charge on any atom is 0.307 e. The van der Waals surface area contributed by atoms with Crippen molar-refractivity contribution in [3.05, 3.63) is 0 Å². The van der Waals surface area contributed by atoms with Crippen LogP contribution in [-0.4, -0.2) is 62.0 Å². The van der Waals surface area contributed by atoms with Crippen LogP contribution in [0.3, 0.4) is 0 Å². The van der Waals surface area contributed by atoms with Crippen molar-refractivity contribution in [2.45, 2.75) is 19.1 Å². The fourth-order valence-electron chi connectivity index (χ4n) is 1.89. The molecule has 0 aromatic carbocycles. The molecule has 0 spiro atoms. The molecule has 0 radical (unpaired) electrons. The largest absolute Gasteiger partial charge is 0.481 e. The minimum absolute atomic E-state index is 0.0518. The number of hydrogen-bond acceptors (Lipinski definition) is 4. The van der Waals surface area contributed by atoms with Crippen molar-refractivity contribution in [1.82, 2.24) is 4.90 Å². The zero-order valence-corrected chi connectivity index (χ0v) is 9.47. The van der Waals surface area contributed by atoms with E-state index in [1.807, 2.05) is 0 Å². The lowest BCUT2D eigenvalue weighted by Gasteiger charge is -2.17. The molecule has 3 atom stereocenters. The highest BCUT2D eigenvalue weighted by atomic mass is 16.5. The Labute approximate surface area is 90.0 Å². The van der Waals surface area contributed by atoms with Gasteiger partial charge in [0.05, 0.1) is 18.1 Å². The van der Waals surface area contributed by atoms with E-state index in [-0.39, 0.29) is 18.1 Å². The van der Waals surface area contributed by atoms with Crippen LogP contribution in [0.2, 0.25) is 0 Å². The van der Waals surface area contributed by atoms with Gasteiger partial charge in [-0.15, -0.1) is 0 Å². The molecule has 1 saturated heterocycles. The summed E-state index contributed by atoms with van der Waals surface area (Å²) in [7, 11) is 3.31. The van der Waals surface area contributed by atoms with Gasteiger partial charge in [-0.1, -0.05) is 6.92 Å². The lowest BCUT2D eigenvalue weighted by molar-refractivity contribution is -0.141. The van der Waals surface area contributed by atoms with Gasteiger partial charge in [-0.2, -0.15) is 0 Å². The second-order valence-corrected chi connectivity index (χ2v) is 4.01. The summed E-state index contributed by atoms with van der Waals surface area (Å²) in [5.74, 6) is -1.11. The minimum atomic E-state index is -0.759. The third kappa shape index (κ3) is 3.15. The smallest absolute Gasteiger partial charge is 0.307 e. The average molecular weight is 217 g/mol. The third-order valence-corrected chi connectivity index (χ3v) is 2.85. The Kier molecular flexibility index (Phi) is 4.50. The monoisotopic (exact) mass is 217 g/mol. The van der Waals surface area contributed by atoms with Gasteiger partial charge >= 0.3 is 5.97 Å². The molecule has 0 aromatic rings. The van der Waals surface area contributed by atoms with Crippen molar-refractivity contribution in [1.29, 1.82) is 0 Å². The Balaban J connectivity index is 2.43. The molecule has 15 heavy (non-hydrogen) atoms. The SMILES string of the molecule is COC1CN(CC(C)C(=O)O)CC1OC. The first kappa shape index (κ1) is 12.4. The fraction of sp³-hybridized carbons (Fsp3) is 0.900. The van der Waals surface area contributed by atoms with Gasteiger partial charge in [0.2, 0.25) is 0 Å². The molecule has 3 unspecified atom stereocenters. The van der Waals surface area contributed by atoms with Crippen molar-refractivity contribution in [2.24, 2.45) is 5.92 Å². The van der Waals surface area contributed by atoms with Gasteiger partial charge in [0.1, 0.15) is 0 Å². The van der Waals surface area contributed by atoms with Crippen LogP contribution in [0.5, 0.6) is 0 Å². The summed E-state index contributed by atoms with van der Waals surface area (Å²) >= 11 is 0. The number of ether oxygens (including phenoxy) is 2. The van der Waals surface area contributed by atoms with Crippen LogP contribution in [0.15, 0.2) is 0 Å². The Morgan fingerprint density at radius 2 is 1.87 bits per heavy atom. The zero-order chi connectivity index (χ0) is 11.4. The lowest BCUT2D eigenvalue weighted by Crippen LogP contribution is -2.31. The number of aliphatic carboxylic acids is 1. The zero-order valence-electron chi connectivity index (χ0n) is 9.47. The normalized spacial score (nSPS) is 29.3. The highest BCUT2D eigenvalue weighted by Crippen LogP contribution is 2.16. The predicted octanol–water partition coefficient (Wildman–Crippen LogP) is 0.0527. The summed E-state index contributed by atoms with van der Waals surface area (Å²) in [5.41, 5.74) is 0. The van der Waals surface area contributed by atoms with Gasteiger partial charge in [0.15, 0.2) is 0 Å². The molecule has 0 saturated carbocycles. The summed E-state index contributed by atoms with van der Waals surface area (Å²) in [6.07, 6.45) is 0.104. The second-order valence-electron chi connectivity index (χ2n) is 4.01. The number of rotatable bonds is 5. The van der Waals surface area contributed by atoms with Crippen LogP contribution in [0, 0.1) is 5.92 Å². The van der Waals surface area contributed by atoms with E-state index in [0.29, 0.717) is 6.54 Å². The van der Waals surface area contributed by atoms with Gasteiger partial charge in [-0.3, -0.25) is 9.69 Å². The molecule has 0 bridgehead atoms. The Morgan fingerprint density at radius 3 is 2.20 bits per heavy atom. The standard InChI is InChI=1S/C10H19NO4/c1-7(10(12)13)4-11-5-8(14-2)9(6-11)15-3/h7-9H,4-6H2,1-3H3,(H,12,13). The average Bonchev–Trinajstić information content (AvgIpc) is 2.59. The van der Waals surface area contributed by atoms with E-state index in [9.17, 15) is 4.79 Å². The Hall–Kier alpha value is -0.650. The number of carboxylic acids is 1. The molecule has 1 fully saturated rings. The molecule has 1 N–H and O–H groups in total. The van der Waals surface area contributed by atoms with Crippen LogP contribution in [-0.2, 0) is 14.3 Å². The number of methoxy groups -OCH3 is 2. The predicted molar refractivity (Wildman–Crippen MR) is 54.8 cm³/mol. The van der Waals surface area contributed by atoms with Gasteiger partial charge in [-0.25, -0.2) is 0 Å². The Morgan fingerprint density at radius 1 is 1.40 bits per heavy atom. The molecule has 1 aliphatic heterocycles. The van der Waals surface area contributed by atoms with E-state index >= 15 is 0 Å². The van der Waals surface area contributed by atoms with Crippen molar-refractivity contribution in [2.75, 3.05) is 33.9 Å². The maximum absolute atomic E-state index is 10.7. The van der Waals surface area contributed by atoms with Crippen LogP contribution < -0.4 is 0 Å². The van der Waals surface area contributed by atoms with E-state index in [2.05, 4.69) is 4.90 Å². The summed E-state index contributed by atoms with van der Waals surface area (Å²) in [6, 6.07) is 0. The van der Waals surface area contributed by atoms with Crippen LogP contribution in [0.25, 0.3) is 0 Å². The van der Waals surface area contributed by atoms with Crippen molar-refractivity contribution >= 4 is 5.97 Å². The molecule has 1 aliphatic rings. The minimum Gasteiger partial charge on any atom is -0.481 e. The second kappa shape index (κ2) is 5.44. The highest BCUT2D eigenvalue weighted by molar-refractivity contribution is 5.69. The van der Waals surface area contributed by atoms with Gasteiger partial charge in [-0.05, 0) is 0 Å². The highest BCUT2D eigenvalue weighted by Gasteiger charge is 2.33. The topological polar surface area (TPSA) is 59.0 Å². The van der Waals surface area contributed by atoms with Crippen molar-refractivity contribution < 1.29 is 19.4 Å². The van der Waals surface area contributed by atoms with Crippen LogP contribution >= 0.6 is 0 Å². The molecule has 0 amide bonds. The number of nitrogens with zero attached hydrogens (tertiary/aromatic N) is 1. The maximum atomic E-state index is 10.7. The molecule has 88 valence electrons. The first-order valence-corrected chi connectivity index (χ1v) is 5.09. The lowest BCUT2D eigenvalue weighted by atomic mass is 10.2. The molecule has 1 heterocycles. The van der Waals surface area contributed by atoms with Crippen molar-refractivity contribution in [3.63, 3.8) is 0 Å². The van der Waals surface area contributed by atoms with E-state index < -0.39 is 5.97 Å². The van der Waals surface area contributed by atoms with Crippen LogP contribution in [0.4, 0.5) is 0 Å². The first-order valence-electron chi connectivity index (χ1n) is 5.09. The summed E-state index contributed by atoms with van der Waals surface area (Å²) in [5, 5.41) is 8.80. The van der Waals surface area contributed by atoms with Gasteiger partial charge in [0, 0.05) is 33.9 Å². The quantitative estimate of drug-likeness (QED) is 0.705. The molecular weight excluding hydrogens is 198 g/mol. The fourth-order valence-corrected chi connectivity index (χ4v) is 1.89. The summed E-state index contributed by atoms with van der Waals surface area (Å²) in [4.78, 5) is 12.8. The van der Waals surface area contributed by atoms with Gasteiger partial charge in [0.25, 0.3) is 0 Å². The van der Waals surface area contributed by atoms with E-state index in [1.165, 1.54) is 0 Å². The van der Waals surface area contributed by atoms with E-state index in [4.69, 9.17) is 14.6 Å². The molecule has 5 nitrogen and oxygen atoms in total. The first-order chi connectivity index (χ1) is 7.08. The van der Waals surface area contributed by atoms with E-state index in [0.717, 1.165) is 13.1 Å². The van der Waals surface area contributed by atoms with E-state index in [1.54, 1.807) is 21.1 Å². The van der Waals surface area contributed by atoms with Gasteiger partial charge < -0.3 is 14.6 Å². The molecule has 5 heteroatoms. The summed E-state index contributed by atoms with van der Waals surface area (Å²) in [6.45, 7) is 3.75. The van der Waals surface area contributed by atoms with Crippen LogP contribution in [0.1, 0.15) is 6.92 Å². The third-order valence-electron chi connectivity index (χ3n) is 2.85.